The molecule has 0 aliphatic carbocycles. The van der Waals surface area contributed by atoms with E-state index in [1.54, 1.807) is 0 Å². The van der Waals surface area contributed by atoms with Gasteiger partial charge in [0.05, 0.1) is 11.5 Å². The number of carboxylic acids is 2. The van der Waals surface area contributed by atoms with Crippen molar-refractivity contribution >= 4 is 21.8 Å². The van der Waals surface area contributed by atoms with E-state index in [1.165, 1.54) is 0 Å². The molecule has 0 aromatic rings. The van der Waals surface area contributed by atoms with E-state index in [1.807, 2.05) is 0 Å². The summed E-state index contributed by atoms with van der Waals surface area (Å²) in [6, 6.07) is 0. The van der Waals surface area contributed by atoms with Gasteiger partial charge in [-0.2, -0.15) is 0 Å². The highest BCUT2D eigenvalue weighted by Crippen LogP contribution is 2.30. The first-order valence-corrected chi connectivity index (χ1v) is 7.26. The lowest BCUT2D eigenvalue weighted by molar-refractivity contribution is -0.141. The largest absolute Gasteiger partial charge is 0.481 e. The van der Waals surface area contributed by atoms with Crippen LogP contribution in [-0.4, -0.2) is 42.1 Å². The Labute approximate surface area is 99.6 Å². The average Bonchev–Trinajstić information content (AvgIpc) is 2.13. The molecule has 0 amide bonds. The lowest BCUT2D eigenvalue weighted by atomic mass is 9.85. The highest BCUT2D eigenvalue weighted by atomic mass is 32.2. The van der Waals surface area contributed by atoms with Crippen LogP contribution in [0.25, 0.3) is 0 Å². The lowest BCUT2D eigenvalue weighted by Gasteiger charge is -2.28. The van der Waals surface area contributed by atoms with Crippen molar-refractivity contribution in [2.45, 2.75) is 25.7 Å². The van der Waals surface area contributed by atoms with Gasteiger partial charge < -0.3 is 10.2 Å². The van der Waals surface area contributed by atoms with E-state index >= 15 is 0 Å². The Kier molecular flexibility index (Phi) is 4.50. The Balaban J connectivity index is 2.74. The summed E-state index contributed by atoms with van der Waals surface area (Å²) < 4.78 is 22.9. The molecule has 1 heterocycles. The maximum atomic E-state index is 11.4. The van der Waals surface area contributed by atoms with E-state index in [9.17, 15) is 18.0 Å². The predicted molar refractivity (Wildman–Crippen MR) is 59.4 cm³/mol. The van der Waals surface area contributed by atoms with Crippen LogP contribution in [0.2, 0.25) is 0 Å². The molecule has 6 nitrogen and oxygen atoms in total. The maximum Gasteiger partial charge on any atom is 0.303 e. The van der Waals surface area contributed by atoms with Crippen molar-refractivity contribution in [1.29, 1.82) is 0 Å². The summed E-state index contributed by atoms with van der Waals surface area (Å²) in [6.07, 6.45) is 0.506. The van der Waals surface area contributed by atoms with Crippen LogP contribution in [0.5, 0.6) is 0 Å². The van der Waals surface area contributed by atoms with Gasteiger partial charge in [-0.1, -0.05) is 0 Å². The third-order valence-electron chi connectivity index (χ3n) is 3.04. The van der Waals surface area contributed by atoms with Gasteiger partial charge in [-0.05, 0) is 24.7 Å². The van der Waals surface area contributed by atoms with E-state index in [0.717, 1.165) is 0 Å². The molecule has 0 radical (unpaired) electrons. The summed E-state index contributed by atoms with van der Waals surface area (Å²) in [5.74, 6) is -3.08. The first kappa shape index (κ1) is 14.0. The van der Waals surface area contributed by atoms with Crippen LogP contribution in [-0.2, 0) is 19.4 Å². The van der Waals surface area contributed by atoms with Crippen LogP contribution in [0, 0.1) is 11.8 Å². The van der Waals surface area contributed by atoms with Crippen molar-refractivity contribution < 1.29 is 28.2 Å². The van der Waals surface area contributed by atoms with Crippen molar-refractivity contribution in [2.24, 2.45) is 11.8 Å². The summed E-state index contributed by atoms with van der Waals surface area (Å²) in [5, 5.41) is 17.4. The third-order valence-corrected chi connectivity index (χ3v) is 4.89. The molecule has 2 N–H and O–H groups in total. The molecule has 1 rings (SSSR count). The van der Waals surface area contributed by atoms with E-state index in [2.05, 4.69) is 0 Å². The second-order valence-corrected chi connectivity index (χ2v) is 6.70. The zero-order chi connectivity index (χ0) is 13.1. The zero-order valence-electron chi connectivity index (χ0n) is 9.33. The molecule has 1 saturated heterocycles. The highest BCUT2D eigenvalue weighted by molar-refractivity contribution is 7.91. The van der Waals surface area contributed by atoms with Gasteiger partial charge in [0.2, 0.25) is 0 Å². The molecule has 0 spiro atoms. The fraction of sp³-hybridized carbons (Fsp3) is 0.800. The molecule has 0 aromatic carbocycles. The van der Waals surface area contributed by atoms with Crippen molar-refractivity contribution in [1.82, 2.24) is 0 Å². The van der Waals surface area contributed by atoms with E-state index in [0.29, 0.717) is 12.8 Å². The molecule has 7 heteroatoms. The van der Waals surface area contributed by atoms with Gasteiger partial charge in [-0.3, -0.25) is 9.59 Å². The number of hydrogen-bond acceptors (Lipinski definition) is 4. The number of rotatable bonds is 5. The van der Waals surface area contributed by atoms with Crippen LogP contribution in [0.1, 0.15) is 25.7 Å². The number of aliphatic carboxylic acids is 2. The monoisotopic (exact) mass is 264 g/mol. The smallest absolute Gasteiger partial charge is 0.303 e. The topological polar surface area (TPSA) is 109 Å². The molecule has 1 aliphatic rings. The minimum absolute atomic E-state index is 0.0851. The zero-order valence-corrected chi connectivity index (χ0v) is 10.1. The first-order valence-electron chi connectivity index (χ1n) is 5.44. The SMILES string of the molecule is O=C(O)CC(CC(=O)O)C1CCCS(=O)(=O)C1. The Hall–Kier alpha value is -1.11. The number of sulfone groups is 1. The van der Waals surface area contributed by atoms with E-state index in [4.69, 9.17) is 10.2 Å². The molecule has 0 saturated carbocycles. The molecule has 0 aromatic heterocycles. The number of carbonyl (C=O) groups is 2. The van der Waals surface area contributed by atoms with Crippen molar-refractivity contribution in [3.8, 4) is 0 Å². The minimum atomic E-state index is -3.13. The Morgan fingerprint density at radius 2 is 1.71 bits per heavy atom. The molecule has 17 heavy (non-hydrogen) atoms. The number of hydrogen-bond donors (Lipinski definition) is 2. The van der Waals surface area contributed by atoms with Gasteiger partial charge >= 0.3 is 11.9 Å². The lowest BCUT2D eigenvalue weighted by Crippen LogP contribution is -2.32. The predicted octanol–water partition coefficient (Wildman–Crippen LogP) is 0.377. The fourth-order valence-corrected chi connectivity index (χ4v) is 4.15. The van der Waals surface area contributed by atoms with Gasteiger partial charge in [0.15, 0.2) is 9.84 Å². The summed E-state index contributed by atoms with van der Waals surface area (Å²) >= 11 is 0. The van der Waals surface area contributed by atoms with E-state index in [-0.39, 0.29) is 30.3 Å². The van der Waals surface area contributed by atoms with Gasteiger partial charge in [0, 0.05) is 12.8 Å². The van der Waals surface area contributed by atoms with Crippen LogP contribution >= 0.6 is 0 Å². The van der Waals surface area contributed by atoms with Gasteiger partial charge in [0.25, 0.3) is 0 Å². The average molecular weight is 264 g/mol. The second-order valence-electron chi connectivity index (χ2n) is 4.47. The molecule has 1 fully saturated rings. The van der Waals surface area contributed by atoms with Crippen molar-refractivity contribution in [3.05, 3.63) is 0 Å². The minimum Gasteiger partial charge on any atom is -0.481 e. The van der Waals surface area contributed by atoms with E-state index < -0.39 is 27.7 Å². The Morgan fingerprint density at radius 1 is 1.18 bits per heavy atom. The molecular weight excluding hydrogens is 248 g/mol. The van der Waals surface area contributed by atoms with Crippen molar-refractivity contribution in [2.75, 3.05) is 11.5 Å². The van der Waals surface area contributed by atoms with Gasteiger partial charge in [-0.15, -0.1) is 0 Å². The van der Waals surface area contributed by atoms with Gasteiger partial charge in [-0.25, -0.2) is 8.42 Å². The standard InChI is InChI=1S/C10H16O6S/c11-9(12)4-8(5-10(13)14)7-2-1-3-17(15,16)6-7/h7-8H,1-6H2,(H,11,12)(H,13,14). The Bertz CT molecular complexity index is 383. The van der Waals surface area contributed by atoms with Crippen molar-refractivity contribution in [3.63, 3.8) is 0 Å². The highest BCUT2D eigenvalue weighted by Gasteiger charge is 2.33. The molecular formula is C10H16O6S. The quantitative estimate of drug-likeness (QED) is 0.743. The van der Waals surface area contributed by atoms with Gasteiger partial charge in [0.1, 0.15) is 0 Å². The third kappa shape index (κ3) is 4.72. The summed E-state index contributed by atoms with van der Waals surface area (Å²) in [6.45, 7) is 0. The summed E-state index contributed by atoms with van der Waals surface area (Å²) in [5.41, 5.74) is 0. The molecule has 1 unspecified atom stereocenters. The van der Waals surface area contributed by atoms with Crippen LogP contribution in [0.15, 0.2) is 0 Å². The van der Waals surface area contributed by atoms with Crippen LogP contribution in [0.4, 0.5) is 0 Å². The molecule has 1 aliphatic heterocycles. The van der Waals surface area contributed by atoms with Crippen LogP contribution in [0.3, 0.4) is 0 Å². The second kappa shape index (κ2) is 5.48. The summed E-state index contributed by atoms with van der Waals surface area (Å²) in [4.78, 5) is 21.3. The normalized spacial score (nSPS) is 23.5. The summed E-state index contributed by atoms with van der Waals surface area (Å²) in [7, 11) is -3.13. The molecule has 0 bridgehead atoms. The molecule has 98 valence electrons. The molecule has 1 atom stereocenters. The van der Waals surface area contributed by atoms with Crippen LogP contribution < -0.4 is 0 Å². The number of carboxylic acid groups (broad SMARTS) is 2. The Morgan fingerprint density at radius 3 is 2.12 bits per heavy atom. The fourth-order valence-electron chi connectivity index (χ4n) is 2.28. The first-order chi connectivity index (χ1) is 7.80. The maximum absolute atomic E-state index is 11.4.